The predicted octanol–water partition coefficient (Wildman–Crippen LogP) is 1.94. The van der Waals surface area contributed by atoms with E-state index in [0.717, 1.165) is 6.54 Å². The second-order valence-electron chi connectivity index (χ2n) is 5.30. The van der Waals surface area contributed by atoms with E-state index in [9.17, 15) is 4.79 Å². The Hall–Kier alpha value is -0.570. The Morgan fingerprint density at radius 3 is 2.31 bits per heavy atom. The van der Waals surface area contributed by atoms with Gasteiger partial charge in [0.1, 0.15) is 0 Å². The summed E-state index contributed by atoms with van der Waals surface area (Å²) in [6.45, 7) is 0.953. The fourth-order valence-corrected chi connectivity index (χ4v) is 3.03. The van der Waals surface area contributed by atoms with Crippen molar-refractivity contribution in [2.45, 2.75) is 57.4 Å². The topological polar surface area (TPSA) is 40.5 Å². The second kappa shape index (κ2) is 5.67. The fourth-order valence-electron chi connectivity index (χ4n) is 3.03. The summed E-state index contributed by atoms with van der Waals surface area (Å²) in [5.74, 6) is 0.461. The normalized spacial score (nSPS) is 29.2. The number of likely N-dealkylation sites (tertiary alicyclic amines) is 1. The molecule has 1 atom stereocenters. The Morgan fingerprint density at radius 1 is 1.12 bits per heavy atom. The molecule has 1 unspecified atom stereocenters. The van der Waals surface area contributed by atoms with Gasteiger partial charge in [-0.15, -0.1) is 0 Å². The average Bonchev–Trinajstić information content (AvgIpc) is 2.60. The largest absolute Gasteiger partial charge is 0.396 e. The van der Waals surface area contributed by atoms with Gasteiger partial charge in [-0.3, -0.25) is 4.79 Å². The molecule has 2 aliphatic rings. The number of aliphatic hydroxyl groups is 1. The first-order chi connectivity index (χ1) is 7.81. The van der Waals surface area contributed by atoms with Gasteiger partial charge in [-0.25, -0.2) is 0 Å². The molecule has 1 saturated carbocycles. The summed E-state index contributed by atoms with van der Waals surface area (Å²) in [5.41, 5.74) is 0. The number of nitrogens with zero attached hydrogens (tertiary/aromatic N) is 1. The fraction of sp³-hybridized carbons (Fsp3) is 0.923. The van der Waals surface area contributed by atoms with Crippen molar-refractivity contribution in [1.82, 2.24) is 4.90 Å². The quantitative estimate of drug-likeness (QED) is 0.780. The van der Waals surface area contributed by atoms with Gasteiger partial charge >= 0.3 is 0 Å². The van der Waals surface area contributed by atoms with Crippen molar-refractivity contribution in [2.24, 2.45) is 5.92 Å². The zero-order chi connectivity index (χ0) is 11.4. The Labute approximate surface area is 97.8 Å². The molecular weight excluding hydrogens is 202 g/mol. The molecule has 0 aromatic rings. The second-order valence-corrected chi connectivity index (χ2v) is 5.30. The summed E-state index contributed by atoms with van der Waals surface area (Å²) >= 11 is 0. The third kappa shape index (κ3) is 2.76. The van der Waals surface area contributed by atoms with Crippen LogP contribution in [0.4, 0.5) is 0 Å². The molecule has 1 N–H and O–H groups in total. The van der Waals surface area contributed by atoms with Crippen LogP contribution in [0.2, 0.25) is 0 Å². The lowest BCUT2D eigenvalue weighted by molar-refractivity contribution is -0.130. The van der Waals surface area contributed by atoms with Crippen molar-refractivity contribution in [1.29, 1.82) is 0 Å². The van der Waals surface area contributed by atoms with E-state index in [1.54, 1.807) is 0 Å². The molecule has 1 heterocycles. The van der Waals surface area contributed by atoms with Gasteiger partial charge in [0.2, 0.25) is 5.91 Å². The predicted molar refractivity (Wildman–Crippen MR) is 63.0 cm³/mol. The zero-order valence-corrected chi connectivity index (χ0v) is 10.0. The van der Waals surface area contributed by atoms with Crippen LogP contribution in [-0.4, -0.2) is 35.1 Å². The molecule has 0 aromatic heterocycles. The van der Waals surface area contributed by atoms with E-state index in [4.69, 9.17) is 5.11 Å². The highest BCUT2D eigenvalue weighted by atomic mass is 16.3. The summed E-state index contributed by atoms with van der Waals surface area (Å²) in [6, 6.07) is 0.462. The van der Waals surface area contributed by atoms with Crippen molar-refractivity contribution < 1.29 is 9.90 Å². The highest BCUT2D eigenvalue weighted by molar-refractivity contribution is 5.79. The first-order valence-electron chi connectivity index (χ1n) is 6.71. The first-order valence-corrected chi connectivity index (χ1v) is 6.71. The van der Waals surface area contributed by atoms with Gasteiger partial charge in [-0.2, -0.15) is 0 Å². The van der Waals surface area contributed by atoms with Crippen LogP contribution in [0.3, 0.4) is 0 Å². The van der Waals surface area contributed by atoms with Gasteiger partial charge in [0.05, 0.1) is 0 Å². The van der Waals surface area contributed by atoms with E-state index in [1.165, 1.54) is 44.9 Å². The number of carbonyl (C=O) groups excluding carboxylic acids is 1. The van der Waals surface area contributed by atoms with Crippen LogP contribution in [0.15, 0.2) is 0 Å². The van der Waals surface area contributed by atoms with Gasteiger partial charge < -0.3 is 10.0 Å². The number of carbonyl (C=O) groups is 1. The summed E-state index contributed by atoms with van der Waals surface area (Å²) in [7, 11) is 0. The van der Waals surface area contributed by atoms with Crippen molar-refractivity contribution in [3.63, 3.8) is 0 Å². The maximum atomic E-state index is 11.9. The molecule has 3 heteroatoms. The maximum absolute atomic E-state index is 11.9. The van der Waals surface area contributed by atoms with Crippen molar-refractivity contribution in [2.75, 3.05) is 13.2 Å². The van der Waals surface area contributed by atoms with Crippen LogP contribution in [0.1, 0.15) is 51.4 Å². The lowest BCUT2D eigenvalue weighted by Gasteiger charge is -2.29. The van der Waals surface area contributed by atoms with E-state index >= 15 is 0 Å². The Morgan fingerprint density at radius 2 is 1.75 bits per heavy atom. The average molecular weight is 225 g/mol. The molecule has 16 heavy (non-hydrogen) atoms. The summed E-state index contributed by atoms with van der Waals surface area (Å²) in [4.78, 5) is 13.9. The highest BCUT2D eigenvalue weighted by Crippen LogP contribution is 2.27. The van der Waals surface area contributed by atoms with Gasteiger partial charge in [-0.05, 0) is 12.8 Å². The van der Waals surface area contributed by atoms with Crippen molar-refractivity contribution in [3.05, 3.63) is 0 Å². The highest BCUT2D eigenvalue weighted by Gasteiger charge is 2.33. The first kappa shape index (κ1) is 11.9. The summed E-state index contributed by atoms with van der Waals surface area (Å²) in [5, 5.41) is 9.12. The van der Waals surface area contributed by atoms with Crippen LogP contribution in [0.5, 0.6) is 0 Å². The molecule has 1 aliphatic carbocycles. The van der Waals surface area contributed by atoms with Crippen LogP contribution in [-0.2, 0) is 4.79 Å². The molecule has 3 nitrogen and oxygen atoms in total. The molecule has 2 fully saturated rings. The molecule has 0 aromatic carbocycles. The van der Waals surface area contributed by atoms with E-state index < -0.39 is 0 Å². The van der Waals surface area contributed by atoms with Crippen molar-refractivity contribution >= 4 is 5.91 Å². The molecule has 2 rings (SSSR count). The minimum Gasteiger partial charge on any atom is -0.396 e. The van der Waals surface area contributed by atoms with Crippen LogP contribution >= 0.6 is 0 Å². The number of rotatable bonds is 2. The minimum atomic E-state index is 0.162. The minimum absolute atomic E-state index is 0.162. The van der Waals surface area contributed by atoms with E-state index in [0.29, 0.717) is 12.5 Å². The van der Waals surface area contributed by atoms with Gasteiger partial charge in [0.15, 0.2) is 0 Å². The third-order valence-corrected chi connectivity index (χ3v) is 4.01. The molecule has 1 saturated heterocycles. The Kier molecular flexibility index (Phi) is 4.22. The molecular formula is C13H23NO2. The molecule has 0 radical (unpaired) electrons. The van der Waals surface area contributed by atoms with Gasteiger partial charge in [0, 0.05) is 31.5 Å². The van der Waals surface area contributed by atoms with Gasteiger partial charge in [-0.1, -0.05) is 32.1 Å². The SMILES string of the molecule is O=C1CC(CO)CN1C1CCCCCCC1. The van der Waals surface area contributed by atoms with Crippen LogP contribution < -0.4 is 0 Å². The standard InChI is InChI=1S/C13H23NO2/c15-10-11-8-13(16)14(9-11)12-6-4-2-1-3-5-7-12/h11-12,15H,1-10H2. The van der Waals surface area contributed by atoms with Gasteiger partial charge in [0.25, 0.3) is 0 Å². The molecule has 0 spiro atoms. The Balaban J connectivity index is 1.91. The number of amides is 1. The third-order valence-electron chi connectivity index (χ3n) is 4.01. The molecule has 0 bridgehead atoms. The zero-order valence-electron chi connectivity index (χ0n) is 10.0. The van der Waals surface area contributed by atoms with E-state index in [1.807, 2.05) is 4.90 Å². The van der Waals surface area contributed by atoms with E-state index in [2.05, 4.69) is 0 Å². The van der Waals surface area contributed by atoms with E-state index in [-0.39, 0.29) is 18.4 Å². The maximum Gasteiger partial charge on any atom is 0.223 e. The van der Waals surface area contributed by atoms with Crippen molar-refractivity contribution in [3.8, 4) is 0 Å². The number of aliphatic hydroxyl groups excluding tert-OH is 1. The summed E-state index contributed by atoms with van der Waals surface area (Å²) in [6.07, 6.45) is 9.43. The molecule has 92 valence electrons. The summed E-state index contributed by atoms with van der Waals surface area (Å²) < 4.78 is 0. The van der Waals surface area contributed by atoms with Crippen LogP contribution in [0, 0.1) is 5.92 Å². The lowest BCUT2D eigenvalue weighted by Crippen LogP contribution is -2.37. The number of hydrogen-bond acceptors (Lipinski definition) is 2. The number of hydrogen-bond donors (Lipinski definition) is 1. The smallest absolute Gasteiger partial charge is 0.223 e. The van der Waals surface area contributed by atoms with Crippen LogP contribution in [0.25, 0.3) is 0 Å². The molecule has 1 aliphatic heterocycles. The monoisotopic (exact) mass is 225 g/mol. The lowest BCUT2D eigenvalue weighted by atomic mass is 9.96. The molecule has 1 amide bonds. The Bertz CT molecular complexity index is 234.